The molecule has 200 valence electrons. The lowest BCUT2D eigenvalue weighted by Crippen LogP contribution is -2.21. The number of carbonyl (C=O) groups is 1. The zero-order chi connectivity index (χ0) is 23.7. The lowest BCUT2D eigenvalue weighted by molar-refractivity contribution is -0.148. The summed E-state index contributed by atoms with van der Waals surface area (Å²) in [4.78, 5) is 11.9. The Kier molecular flexibility index (Phi) is 28.9. The van der Waals surface area contributed by atoms with Crippen LogP contribution in [0.15, 0.2) is 0 Å². The van der Waals surface area contributed by atoms with Gasteiger partial charge in [0, 0.05) is 0 Å². The van der Waals surface area contributed by atoms with E-state index in [9.17, 15) is 9.90 Å². The molecule has 2 atom stereocenters. The molecule has 0 spiro atoms. The van der Waals surface area contributed by atoms with Crippen LogP contribution in [0.25, 0.3) is 0 Å². The first-order valence-electron chi connectivity index (χ1n) is 14.1. The van der Waals surface area contributed by atoms with Gasteiger partial charge in [-0.2, -0.15) is 0 Å². The van der Waals surface area contributed by atoms with Crippen LogP contribution in [0, 0.1) is 5.92 Å². The molecule has 0 heterocycles. The zero-order valence-corrected chi connectivity index (χ0v) is 22.3. The van der Waals surface area contributed by atoms with Gasteiger partial charge in [-0.1, -0.05) is 129 Å². The largest absolute Gasteiger partial charge is 0.465 e. The second kappa shape index (κ2) is 27.6. The molecular weight excluding hydrogens is 414 g/mol. The zero-order valence-electron chi connectivity index (χ0n) is 22.3. The maximum Gasteiger partial charge on any atom is 0.308 e. The molecule has 33 heavy (non-hydrogen) atoms. The van der Waals surface area contributed by atoms with E-state index in [1.807, 2.05) is 0 Å². The number of ether oxygens (including phenoxy) is 1. The summed E-state index contributed by atoms with van der Waals surface area (Å²) in [6, 6.07) is 0. The molecule has 0 radical (unpaired) electrons. The molecule has 5 nitrogen and oxygen atoms in total. The van der Waals surface area contributed by atoms with Crippen molar-refractivity contribution in [3.63, 3.8) is 0 Å². The van der Waals surface area contributed by atoms with Gasteiger partial charge < -0.3 is 21.1 Å². The molecule has 0 rings (SSSR count). The van der Waals surface area contributed by atoms with E-state index in [-0.39, 0.29) is 12.6 Å². The number of unbranched alkanes of at least 4 members (excludes halogenated alkanes) is 16. The molecule has 0 aliphatic heterocycles. The number of esters is 1. The molecular formula is C28H59NO4. The first-order valence-corrected chi connectivity index (χ1v) is 14.1. The van der Waals surface area contributed by atoms with E-state index >= 15 is 0 Å². The van der Waals surface area contributed by atoms with E-state index < -0.39 is 18.7 Å². The van der Waals surface area contributed by atoms with Crippen LogP contribution in [0.3, 0.4) is 0 Å². The van der Waals surface area contributed by atoms with Crippen LogP contribution in [-0.4, -0.2) is 35.5 Å². The predicted octanol–water partition coefficient (Wildman–Crippen LogP) is 7.89. The maximum absolute atomic E-state index is 11.9. The topological polar surface area (TPSA) is 102 Å². The minimum atomic E-state index is -1.00. The molecule has 0 aromatic rings. The third-order valence-electron chi connectivity index (χ3n) is 6.52. The SMILES string of the molecule is CCCCCCCCCCCCC(CCCCCCCCCC)COC(=O)CC(O)CO.N. The van der Waals surface area contributed by atoms with E-state index in [1.165, 1.54) is 116 Å². The third kappa shape index (κ3) is 25.8. The molecule has 0 aromatic heterocycles. The van der Waals surface area contributed by atoms with Crippen LogP contribution in [0.5, 0.6) is 0 Å². The summed E-state index contributed by atoms with van der Waals surface area (Å²) in [6.07, 6.45) is 25.1. The van der Waals surface area contributed by atoms with Gasteiger partial charge in [-0.3, -0.25) is 4.79 Å². The molecule has 0 saturated carbocycles. The monoisotopic (exact) mass is 473 g/mol. The number of carbonyl (C=O) groups excluding carboxylic acids is 1. The first-order chi connectivity index (χ1) is 15.6. The number of aliphatic hydroxyl groups excluding tert-OH is 2. The Balaban J connectivity index is 0. The van der Waals surface area contributed by atoms with E-state index in [4.69, 9.17) is 9.84 Å². The molecule has 0 amide bonds. The van der Waals surface area contributed by atoms with Gasteiger partial charge >= 0.3 is 5.97 Å². The van der Waals surface area contributed by atoms with Crippen LogP contribution >= 0.6 is 0 Å². The highest BCUT2D eigenvalue weighted by Gasteiger charge is 2.15. The van der Waals surface area contributed by atoms with Gasteiger partial charge in [0.25, 0.3) is 0 Å². The molecule has 0 fully saturated rings. The van der Waals surface area contributed by atoms with Gasteiger partial charge in [0.1, 0.15) is 0 Å². The predicted molar refractivity (Wildman–Crippen MR) is 141 cm³/mol. The Morgan fingerprint density at radius 1 is 0.667 bits per heavy atom. The average Bonchev–Trinajstić information content (AvgIpc) is 2.79. The molecule has 0 aliphatic rings. The highest BCUT2D eigenvalue weighted by Crippen LogP contribution is 2.20. The highest BCUT2D eigenvalue weighted by atomic mass is 16.5. The minimum Gasteiger partial charge on any atom is -0.465 e. The van der Waals surface area contributed by atoms with Crippen molar-refractivity contribution in [1.82, 2.24) is 6.15 Å². The van der Waals surface area contributed by atoms with Gasteiger partial charge in [0.15, 0.2) is 0 Å². The number of hydrogen-bond acceptors (Lipinski definition) is 5. The van der Waals surface area contributed by atoms with E-state index in [0.717, 1.165) is 12.8 Å². The summed E-state index contributed by atoms with van der Waals surface area (Å²) in [5.41, 5.74) is 0. The second-order valence-electron chi connectivity index (χ2n) is 9.82. The van der Waals surface area contributed by atoms with Crippen LogP contribution < -0.4 is 6.15 Å². The van der Waals surface area contributed by atoms with Crippen molar-refractivity contribution >= 4 is 5.97 Å². The summed E-state index contributed by atoms with van der Waals surface area (Å²) in [5.74, 6) is 0.0369. The van der Waals surface area contributed by atoms with Crippen LogP contribution in [0.2, 0.25) is 0 Å². The number of hydrogen-bond donors (Lipinski definition) is 3. The summed E-state index contributed by atoms with van der Waals surface area (Å²) < 4.78 is 5.43. The van der Waals surface area contributed by atoms with Crippen LogP contribution in [-0.2, 0) is 9.53 Å². The molecule has 0 aliphatic carbocycles. The van der Waals surface area contributed by atoms with Crippen molar-refractivity contribution < 1.29 is 19.7 Å². The summed E-state index contributed by atoms with van der Waals surface area (Å²) in [5, 5.41) is 18.3. The van der Waals surface area contributed by atoms with Gasteiger partial charge in [0.2, 0.25) is 0 Å². The fourth-order valence-electron chi connectivity index (χ4n) is 4.33. The highest BCUT2D eigenvalue weighted by molar-refractivity contribution is 5.69. The fourth-order valence-corrected chi connectivity index (χ4v) is 4.33. The van der Waals surface area contributed by atoms with Gasteiger partial charge in [0.05, 0.1) is 25.7 Å². The third-order valence-corrected chi connectivity index (χ3v) is 6.52. The molecule has 0 aromatic carbocycles. The first kappa shape index (κ1) is 34.5. The summed E-state index contributed by atoms with van der Waals surface area (Å²) >= 11 is 0. The van der Waals surface area contributed by atoms with Crippen LogP contribution in [0.4, 0.5) is 0 Å². The van der Waals surface area contributed by atoms with E-state index in [1.54, 1.807) is 0 Å². The average molecular weight is 474 g/mol. The lowest BCUT2D eigenvalue weighted by atomic mass is 9.94. The van der Waals surface area contributed by atoms with Crippen molar-refractivity contribution in [2.45, 2.75) is 155 Å². The molecule has 0 saturated heterocycles. The fraction of sp³-hybridized carbons (Fsp3) is 0.964. The van der Waals surface area contributed by atoms with Crippen molar-refractivity contribution in [2.24, 2.45) is 5.92 Å². The minimum absolute atomic E-state index is 0. The Morgan fingerprint density at radius 3 is 1.39 bits per heavy atom. The Morgan fingerprint density at radius 2 is 1.03 bits per heavy atom. The van der Waals surface area contributed by atoms with Crippen molar-refractivity contribution in [2.75, 3.05) is 13.2 Å². The Hall–Kier alpha value is -0.650. The van der Waals surface area contributed by atoms with E-state index in [0.29, 0.717) is 12.5 Å². The quantitative estimate of drug-likeness (QED) is 0.0923. The van der Waals surface area contributed by atoms with Gasteiger partial charge in [-0.25, -0.2) is 0 Å². The molecule has 0 bridgehead atoms. The smallest absolute Gasteiger partial charge is 0.308 e. The Labute approximate surface area is 206 Å². The van der Waals surface area contributed by atoms with Crippen LogP contribution in [0.1, 0.15) is 149 Å². The standard InChI is InChI=1S/C28H56O4.H3N/c1-3-5-7-9-11-13-14-16-18-20-22-26(25-32-28(31)23-27(30)24-29)21-19-17-15-12-10-8-6-4-2;/h26-27,29-30H,3-25H2,1-2H3;1H3. The van der Waals surface area contributed by atoms with E-state index in [2.05, 4.69) is 13.8 Å². The summed E-state index contributed by atoms with van der Waals surface area (Å²) in [7, 11) is 0. The normalized spacial score (nSPS) is 12.8. The maximum atomic E-state index is 11.9. The van der Waals surface area contributed by atoms with Gasteiger partial charge in [-0.15, -0.1) is 0 Å². The number of rotatable bonds is 25. The molecule has 5 heteroatoms. The Bertz CT molecular complexity index is 392. The van der Waals surface area contributed by atoms with Crippen molar-refractivity contribution in [3.8, 4) is 0 Å². The molecule has 2 unspecified atom stereocenters. The van der Waals surface area contributed by atoms with Crippen molar-refractivity contribution in [3.05, 3.63) is 0 Å². The second-order valence-corrected chi connectivity index (χ2v) is 9.82. The summed E-state index contributed by atoms with van der Waals surface area (Å²) in [6.45, 7) is 4.59. The lowest BCUT2D eigenvalue weighted by Gasteiger charge is -2.18. The van der Waals surface area contributed by atoms with Gasteiger partial charge in [-0.05, 0) is 18.8 Å². The van der Waals surface area contributed by atoms with Crippen molar-refractivity contribution in [1.29, 1.82) is 0 Å². The number of aliphatic hydroxyl groups is 2. The molecule has 5 N–H and O–H groups in total.